The topological polar surface area (TPSA) is 111 Å². The first-order chi connectivity index (χ1) is 13.0. The van der Waals surface area contributed by atoms with Crippen LogP contribution < -0.4 is 10.2 Å². The first-order valence-electron chi connectivity index (χ1n) is 8.09. The number of benzene rings is 1. The highest BCUT2D eigenvalue weighted by molar-refractivity contribution is 7.12. The van der Waals surface area contributed by atoms with Gasteiger partial charge in [0.2, 0.25) is 0 Å². The third-order valence-corrected chi connectivity index (χ3v) is 4.97. The molecule has 0 bridgehead atoms. The van der Waals surface area contributed by atoms with Gasteiger partial charge in [-0.25, -0.2) is 4.79 Å². The standard InChI is InChI=1S/C17H17N3O6S/c1-25-17(22)15-13(4-9-27-15)18-16(21)12-10-11(20(23)24)2-3-14(12)19-5-7-26-8-6-19/h2-4,9-10H,5-8H2,1H3,(H,18,21). The fourth-order valence-corrected chi connectivity index (χ4v) is 3.51. The summed E-state index contributed by atoms with van der Waals surface area (Å²) in [6.07, 6.45) is 0. The van der Waals surface area contributed by atoms with Crippen LogP contribution in [0.3, 0.4) is 0 Å². The van der Waals surface area contributed by atoms with E-state index in [9.17, 15) is 19.7 Å². The van der Waals surface area contributed by atoms with Crippen molar-refractivity contribution in [2.45, 2.75) is 0 Å². The minimum Gasteiger partial charge on any atom is -0.465 e. The predicted octanol–water partition coefficient (Wildman–Crippen LogP) is 2.53. The minimum atomic E-state index is -0.562. The molecule has 3 rings (SSSR count). The zero-order valence-electron chi connectivity index (χ0n) is 14.5. The summed E-state index contributed by atoms with van der Waals surface area (Å²) in [5.41, 5.74) is 0.858. The Morgan fingerprint density at radius 1 is 1.30 bits per heavy atom. The lowest BCUT2D eigenvalue weighted by Gasteiger charge is -2.30. The average molecular weight is 391 g/mol. The van der Waals surface area contributed by atoms with Crippen molar-refractivity contribution in [1.29, 1.82) is 0 Å². The van der Waals surface area contributed by atoms with Crippen molar-refractivity contribution in [3.05, 3.63) is 50.2 Å². The Hall–Kier alpha value is -2.98. The van der Waals surface area contributed by atoms with Gasteiger partial charge in [0.1, 0.15) is 4.88 Å². The van der Waals surface area contributed by atoms with Crippen LogP contribution in [0.25, 0.3) is 0 Å². The lowest BCUT2D eigenvalue weighted by molar-refractivity contribution is -0.384. The lowest BCUT2D eigenvalue weighted by Crippen LogP contribution is -2.37. The Labute approximate surface area is 158 Å². The smallest absolute Gasteiger partial charge is 0.350 e. The summed E-state index contributed by atoms with van der Waals surface area (Å²) in [4.78, 5) is 37.5. The molecule has 27 heavy (non-hydrogen) atoms. The lowest BCUT2D eigenvalue weighted by atomic mass is 10.1. The molecule has 10 heteroatoms. The molecule has 1 N–H and O–H groups in total. The van der Waals surface area contributed by atoms with Crippen LogP contribution >= 0.6 is 11.3 Å². The molecule has 1 fully saturated rings. The van der Waals surface area contributed by atoms with Gasteiger partial charge in [0.15, 0.2) is 0 Å². The first kappa shape index (κ1) is 18.8. The summed E-state index contributed by atoms with van der Waals surface area (Å²) in [7, 11) is 1.25. The van der Waals surface area contributed by atoms with E-state index in [1.807, 2.05) is 4.90 Å². The Bertz CT molecular complexity index is 875. The number of anilines is 2. The molecule has 1 aromatic carbocycles. The maximum absolute atomic E-state index is 12.9. The van der Waals surface area contributed by atoms with Crippen LogP contribution in [0.1, 0.15) is 20.0 Å². The SMILES string of the molecule is COC(=O)c1sccc1NC(=O)c1cc([N+](=O)[O-])ccc1N1CCOCC1. The number of carbonyl (C=O) groups is 2. The summed E-state index contributed by atoms with van der Waals surface area (Å²) < 4.78 is 10.0. The van der Waals surface area contributed by atoms with E-state index in [1.54, 1.807) is 17.5 Å². The van der Waals surface area contributed by atoms with Crippen LogP contribution in [-0.2, 0) is 9.47 Å². The first-order valence-corrected chi connectivity index (χ1v) is 8.97. The van der Waals surface area contributed by atoms with Gasteiger partial charge < -0.3 is 19.7 Å². The molecule has 1 saturated heterocycles. The van der Waals surface area contributed by atoms with Crippen LogP contribution in [0.5, 0.6) is 0 Å². The number of nitro benzene ring substituents is 1. The number of ether oxygens (including phenoxy) is 2. The minimum absolute atomic E-state index is 0.160. The zero-order chi connectivity index (χ0) is 19.4. The fourth-order valence-electron chi connectivity index (χ4n) is 2.75. The number of morpholine rings is 1. The van der Waals surface area contributed by atoms with Crippen LogP contribution in [0.15, 0.2) is 29.6 Å². The van der Waals surface area contributed by atoms with Crippen LogP contribution in [0.2, 0.25) is 0 Å². The van der Waals surface area contributed by atoms with Gasteiger partial charge in [0.05, 0.1) is 42.2 Å². The van der Waals surface area contributed by atoms with Gasteiger partial charge in [0.25, 0.3) is 11.6 Å². The van der Waals surface area contributed by atoms with Crippen molar-refractivity contribution in [2.24, 2.45) is 0 Å². The fraction of sp³-hybridized carbons (Fsp3) is 0.294. The zero-order valence-corrected chi connectivity index (χ0v) is 15.3. The second-order valence-electron chi connectivity index (χ2n) is 5.67. The molecule has 0 aliphatic carbocycles. The molecule has 142 valence electrons. The van der Waals surface area contributed by atoms with Gasteiger partial charge >= 0.3 is 5.97 Å². The van der Waals surface area contributed by atoms with Gasteiger partial charge in [-0.3, -0.25) is 14.9 Å². The highest BCUT2D eigenvalue weighted by atomic mass is 32.1. The van der Waals surface area contributed by atoms with Crippen molar-refractivity contribution >= 4 is 40.3 Å². The number of thiophene rings is 1. The van der Waals surface area contributed by atoms with Gasteiger partial charge in [-0.15, -0.1) is 11.3 Å². The molecule has 0 radical (unpaired) electrons. The number of nitrogens with zero attached hydrogens (tertiary/aromatic N) is 2. The van der Waals surface area contributed by atoms with Crippen molar-refractivity contribution in [2.75, 3.05) is 43.6 Å². The molecule has 1 aliphatic heterocycles. The number of rotatable bonds is 5. The third kappa shape index (κ3) is 4.07. The highest BCUT2D eigenvalue weighted by Crippen LogP contribution is 2.29. The number of carbonyl (C=O) groups excluding carboxylic acids is 2. The molecule has 0 atom stereocenters. The number of hydrogen-bond donors (Lipinski definition) is 1. The molecular weight excluding hydrogens is 374 g/mol. The second-order valence-corrected chi connectivity index (χ2v) is 6.58. The van der Waals surface area contributed by atoms with Gasteiger partial charge in [-0.1, -0.05) is 0 Å². The monoisotopic (exact) mass is 391 g/mol. The van der Waals surface area contributed by atoms with E-state index in [1.165, 1.54) is 19.2 Å². The molecule has 0 saturated carbocycles. The van der Waals surface area contributed by atoms with Gasteiger partial charge in [0, 0.05) is 25.2 Å². The molecular formula is C17H17N3O6S. The predicted molar refractivity (Wildman–Crippen MR) is 99.7 cm³/mol. The summed E-state index contributed by atoms with van der Waals surface area (Å²) in [6.45, 7) is 2.16. The van der Waals surface area contributed by atoms with Crippen molar-refractivity contribution < 1.29 is 24.0 Å². The molecule has 9 nitrogen and oxygen atoms in total. The number of nitro groups is 1. The van der Waals surface area contributed by atoms with E-state index < -0.39 is 16.8 Å². The average Bonchev–Trinajstić information content (AvgIpc) is 3.15. The van der Waals surface area contributed by atoms with Crippen molar-refractivity contribution in [3.63, 3.8) is 0 Å². The Balaban J connectivity index is 1.94. The largest absolute Gasteiger partial charge is 0.465 e. The van der Waals surface area contributed by atoms with Crippen molar-refractivity contribution in [3.8, 4) is 0 Å². The van der Waals surface area contributed by atoms with E-state index in [4.69, 9.17) is 9.47 Å². The molecule has 2 heterocycles. The molecule has 1 amide bonds. The quantitative estimate of drug-likeness (QED) is 0.474. The van der Waals surface area contributed by atoms with E-state index in [0.29, 0.717) is 37.7 Å². The summed E-state index contributed by atoms with van der Waals surface area (Å²) >= 11 is 1.14. The Morgan fingerprint density at radius 3 is 2.70 bits per heavy atom. The number of hydrogen-bond acceptors (Lipinski definition) is 8. The van der Waals surface area contributed by atoms with E-state index >= 15 is 0 Å². The summed E-state index contributed by atoms with van der Waals surface area (Å²) in [5.74, 6) is -1.10. The van der Waals surface area contributed by atoms with Crippen LogP contribution in [-0.4, -0.2) is 50.2 Å². The van der Waals surface area contributed by atoms with E-state index in [-0.39, 0.29) is 16.1 Å². The van der Waals surface area contributed by atoms with E-state index in [2.05, 4.69) is 5.32 Å². The highest BCUT2D eigenvalue weighted by Gasteiger charge is 2.24. The van der Waals surface area contributed by atoms with Gasteiger partial charge in [-0.2, -0.15) is 0 Å². The van der Waals surface area contributed by atoms with Crippen molar-refractivity contribution in [1.82, 2.24) is 0 Å². The normalized spacial score (nSPS) is 13.9. The molecule has 0 unspecified atom stereocenters. The maximum Gasteiger partial charge on any atom is 0.350 e. The Kier molecular flexibility index (Phi) is 5.67. The molecule has 1 aliphatic rings. The third-order valence-electron chi connectivity index (χ3n) is 4.07. The number of nitrogens with one attached hydrogen (secondary N) is 1. The summed E-state index contributed by atoms with van der Waals surface area (Å²) in [6, 6.07) is 5.75. The molecule has 2 aromatic rings. The number of esters is 1. The van der Waals surface area contributed by atoms with E-state index in [0.717, 1.165) is 11.3 Å². The number of amides is 1. The van der Waals surface area contributed by atoms with Gasteiger partial charge in [-0.05, 0) is 17.5 Å². The molecule has 1 aromatic heterocycles. The maximum atomic E-state index is 12.9. The number of non-ortho nitro benzene ring substituents is 1. The number of methoxy groups -OCH3 is 1. The van der Waals surface area contributed by atoms with Crippen LogP contribution in [0, 0.1) is 10.1 Å². The Morgan fingerprint density at radius 2 is 2.04 bits per heavy atom. The second kappa shape index (κ2) is 8.14. The summed E-state index contributed by atoms with van der Waals surface area (Å²) in [5, 5.41) is 15.5. The molecule has 0 spiro atoms. The van der Waals surface area contributed by atoms with Crippen LogP contribution in [0.4, 0.5) is 17.1 Å².